The number of nitrogens with one attached hydrogen (secondary N) is 2. The molecule has 0 aliphatic heterocycles. The van der Waals surface area contributed by atoms with E-state index in [9.17, 15) is 14.4 Å². The Balaban J connectivity index is 1.83. The lowest BCUT2D eigenvalue weighted by atomic mass is 10.1. The number of carbonyl (C=O) groups is 3. The number of amides is 2. The van der Waals surface area contributed by atoms with E-state index >= 15 is 0 Å². The number of aryl methyl sites for hydroxylation is 1. The van der Waals surface area contributed by atoms with Crippen LogP contribution in [0, 0.1) is 6.92 Å². The van der Waals surface area contributed by atoms with Crippen LogP contribution < -0.4 is 10.6 Å². The van der Waals surface area contributed by atoms with Crippen LogP contribution in [0.4, 0.5) is 11.4 Å². The van der Waals surface area contributed by atoms with E-state index in [1.807, 2.05) is 31.2 Å². The van der Waals surface area contributed by atoms with Gasteiger partial charge in [0.2, 0.25) is 5.91 Å². The topological polar surface area (TPSA) is 84.5 Å². The summed E-state index contributed by atoms with van der Waals surface area (Å²) in [5, 5.41) is 5.22. The van der Waals surface area contributed by atoms with E-state index in [4.69, 9.17) is 4.74 Å². The van der Waals surface area contributed by atoms with Gasteiger partial charge in [-0.1, -0.05) is 35.9 Å². The second-order valence-electron chi connectivity index (χ2n) is 5.67. The highest BCUT2D eigenvalue weighted by atomic mass is 16.5. The summed E-state index contributed by atoms with van der Waals surface area (Å²) in [7, 11) is 0. The average molecular weight is 352 g/mol. The second-order valence-corrected chi connectivity index (χ2v) is 5.67. The Hall–Kier alpha value is -3.41. The van der Waals surface area contributed by atoms with Crippen molar-refractivity contribution in [1.82, 2.24) is 0 Å². The summed E-state index contributed by atoms with van der Waals surface area (Å²) < 4.78 is 4.92. The van der Waals surface area contributed by atoms with Gasteiger partial charge in [0.1, 0.15) is 0 Å². The van der Waals surface area contributed by atoms with E-state index in [0.29, 0.717) is 11.4 Å². The highest BCUT2D eigenvalue weighted by Crippen LogP contribution is 2.15. The number of benzene rings is 2. The minimum Gasteiger partial charge on any atom is -0.452 e. The van der Waals surface area contributed by atoms with Crippen LogP contribution in [0.3, 0.4) is 0 Å². The first-order valence-corrected chi connectivity index (χ1v) is 8.01. The lowest BCUT2D eigenvalue weighted by molar-refractivity contribution is -0.142. The molecule has 0 bridgehead atoms. The van der Waals surface area contributed by atoms with Gasteiger partial charge in [-0.2, -0.15) is 0 Å². The standard InChI is InChI=1S/C20H20N2O4/c1-14-5-3-6-16(11-14)9-10-20(25)26-13-19(24)22-18-8-4-7-17(12-18)21-15(2)23/h3-12H,13H2,1-2H3,(H,21,23)(H,22,24)/b10-9+. The molecule has 0 saturated heterocycles. The van der Waals surface area contributed by atoms with Crippen LogP contribution in [0.5, 0.6) is 0 Å². The summed E-state index contributed by atoms with van der Waals surface area (Å²) in [5.74, 6) is -1.28. The Morgan fingerprint density at radius 2 is 1.69 bits per heavy atom. The minimum atomic E-state index is -0.603. The molecule has 0 aliphatic carbocycles. The molecule has 0 radical (unpaired) electrons. The zero-order valence-electron chi connectivity index (χ0n) is 14.6. The molecule has 6 nitrogen and oxygen atoms in total. The van der Waals surface area contributed by atoms with E-state index in [-0.39, 0.29) is 5.91 Å². The van der Waals surface area contributed by atoms with Crippen molar-refractivity contribution >= 4 is 35.2 Å². The van der Waals surface area contributed by atoms with Gasteiger partial charge >= 0.3 is 5.97 Å². The summed E-state index contributed by atoms with van der Waals surface area (Å²) >= 11 is 0. The predicted molar refractivity (Wildman–Crippen MR) is 101 cm³/mol. The lowest BCUT2D eigenvalue weighted by Gasteiger charge is -2.08. The van der Waals surface area contributed by atoms with Crippen molar-refractivity contribution in [2.45, 2.75) is 13.8 Å². The van der Waals surface area contributed by atoms with Gasteiger partial charge in [-0.15, -0.1) is 0 Å². The maximum atomic E-state index is 11.9. The maximum Gasteiger partial charge on any atom is 0.331 e. The number of hydrogen-bond acceptors (Lipinski definition) is 4. The molecule has 2 aromatic carbocycles. The van der Waals surface area contributed by atoms with Gasteiger partial charge in [-0.05, 0) is 36.8 Å². The molecule has 26 heavy (non-hydrogen) atoms. The van der Waals surface area contributed by atoms with Crippen LogP contribution >= 0.6 is 0 Å². The molecule has 6 heteroatoms. The van der Waals surface area contributed by atoms with Gasteiger partial charge in [0, 0.05) is 24.4 Å². The van der Waals surface area contributed by atoms with Gasteiger partial charge in [-0.3, -0.25) is 9.59 Å². The fourth-order valence-corrected chi connectivity index (χ4v) is 2.20. The van der Waals surface area contributed by atoms with Crippen LogP contribution in [0.15, 0.2) is 54.6 Å². The van der Waals surface area contributed by atoms with Crippen molar-refractivity contribution in [2.75, 3.05) is 17.2 Å². The molecule has 2 amide bonds. The van der Waals surface area contributed by atoms with Crippen LogP contribution in [0.2, 0.25) is 0 Å². The van der Waals surface area contributed by atoms with E-state index in [0.717, 1.165) is 11.1 Å². The Labute approximate surface area is 151 Å². The number of ether oxygens (including phenoxy) is 1. The molecule has 0 spiro atoms. The summed E-state index contributed by atoms with van der Waals surface area (Å²) in [6.07, 6.45) is 2.91. The molecule has 0 unspecified atom stereocenters. The van der Waals surface area contributed by atoms with Gasteiger partial charge in [-0.25, -0.2) is 4.79 Å². The number of carbonyl (C=O) groups excluding carboxylic acids is 3. The molecular weight excluding hydrogens is 332 g/mol. The molecule has 2 rings (SSSR count). The third kappa shape index (κ3) is 6.60. The van der Waals surface area contributed by atoms with Crippen LogP contribution in [0.25, 0.3) is 6.08 Å². The molecular formula is C20H20N2O4. The molecule has 134 valence electrons. The van der Waals surface area contributed by atoms with Gasteiger partial charge < -0.3 is 15.4 Å². The summed E-state index contributed by atoms with van der Waals surface area (Å²) in [6, 6.07) is 14.3. The highest BCUT2D eigenvalue weighted by Gasteiger charge is 2.06. The lowest BCUT2D eigenvalue weighted by Crippen LogP contribution is -2.20. The van der Waals surface area contributed by atoms with Crippen LogP contribution in [-0.2, 0) is 19.1 Å². The van der Waals surface area contributed by atoms with Crippen molar-refractivity contribution < 1.29 is 19.1 Å². The van der Waals surface area contributed by atoms with Crippen molar-refractivity contribution in [3.8, 4) is 0 Å². The Kier molecular flexibility index (Phi) is 6.68. The van der Waals surface area contributed by atoms with E-state index in [1.165, 1.54) is 13.0 Å². The molecule has 2 aromatic rings. The zero-order chi connectivity index (χ0) is 18.9. The Bertz CT molecular complexity index is 843. The highest BCUT2D eigenvalue weighted by molar-refractivity contribution is 5.95. The largest absolute Gasteiger partial charge is 0.452 e. The fourth-order valence-electron chi connectivity index (χ4n) is 2.20. The van der Waals surface area contributed by atoms with Crippen LogP contribution in [0.1, 0.15) is 18.1 Å². The minimum absolute atomic E-state index is 0.206. The number of anilines is 2. The summed E-state index contributed by atoms with van der Waals surface area (Å²) in [4.78, 5) is 34.6. The Morgan fingerprint density at radius 3 is 2.38 bits per heavy atom. The van der Waals surface area contributed by atoms with Crippen molar-refractivity contribution in [2.24, 2.45) is 0 Å². The van der Waals surface area contributed by atoms with E-state index in [2.05, 4.69) is 10.6 Å². The molecule has 0 aliphatic rings. The number of rotatable bonds is 6. The van der Waals surface area contributed by atoms with Gasteiger partial charge in [0.15, 0.2) is 6.61 Å². The maximum absolute atomic E-state index is 11.9. The van der Waals surface area contributed by atoms with Gasteiger partial charge in [0.05, 0.1) is 0 Å². The third-order valence-corrected chi connectivity index (χ3v) is 3.27. The SMILES string of the molecule is CC(=O)Nc1cccc(NC(=O)COC(=O)/C=C/c2cccc(C)c2)c1. The molecule has 0 saturated carbocycles. The zero-order valence-corrected chi connectivity index (χ0v) is 14.6. The average Bonchev–Trinajstić information content (AvgIpc) is 2.58. The summed E-state index contributed by atoms with van der Waals surface area (Å²) in [5.41, 5.74) is 3.02. The predicted octanol–water partition coefficient (Wildman–Crippen LogP) is 3.15. The van der Waals surface area contributed by atoms with Gasteiger partial charge in [0.25, 0.3) is 5.91 Å². The number of esters is 1. The molecule has 0 aromatic heterocycles. The smallest absolute Gasteiger partial charge is 0.331 e. The fraction of sp³-hybridized carbons (Fsp3) is 0.150. The van der Waals surface area contributed by atoms with E-state index in [1.54, 1.807) is 30.3 Å². The third-order valence-electron chi connectivity index (χ3n) is 3.27. The van der Waals surface area contributed by atoms with E-state index < -0.39 is 18.5 Å². The normalized spacial score (nSPS) is 10.4. The summed E-state index contributed by atoms with van der Waals surface area (Å²) in [6.45, 7) is 2.96. The van der Waals surface area contributed by atoms with Crippen molar-refractivity contribution in [3.63, 3.8) is 0 Å². The first-order valence-electron chi connectivity index (χ1n) is 8.01. The molecule has 0 atom stereocenters. The van der Waals surface area contributed by atoms with Crippen molar-refractivity contribution in [3.05, 3.63) is 65.7 Å². The second kappa shape index (κ2) is 9.17. The molecule has 0 heterocycles. The first kappa shape index (κ1) is 18.9. The molecule has 2 N–H and O–H groups in total. The Morgan fingerprint density at radius 1 is 1.00 bits per heavy atom. The van der Waals surface area contributed by atoms with Crippen molar-refractivity contribution in [1.29, 1.82) is 0 Å². The quantitative estimate of drug-likeness (QED) is 0.618. The molecule has 0 fully saturated rings. The first-order chi connectivity index (χ1) is 12.4. The van der Waals surface area contributed by atoms with Crippen LogP contribution in [-0.4, -0.2) is 24.4 Å². The number of hydrogen-bond donors (Lipinski definition) is 2. The monoisotopic (exact) mass is 352 g/mol.